The molecule has 0 radical (unpaired) electrons. The van der Waals surface area contributed by atoms with Crippen LogP contribution in [0.5, 0.6) is 5.75 Å². The molecule has 2 N–H and O–H groups in total. The molecule has 0 spiro atoms. The number of nitrogens with two attached hydrogens (primary N) is 1. The minimum atomic E-state index is -0.565. The van der Waals surface area contributed by atoms with Crippen LogP contribution >= 0.6 is 11.6 Å². The Morgan fingerprint density at radius 2 is 2.38 bits per heavy atom. The van der Waals surface area contributed by atoms with Crippen LogP contribution in [0.15, 0.2) is 18.2 Å². The molecule has 2 rings (SSSR count). The van der Waals surface area contributed by atoms with Crippen molar-refractivity contribution in [3.05, 3.63) is 28.8 Å². The van der Waals surface area contributed by atoms with Gasteiger partial charge in [0.2, 0.25) is 0 Å². The minimum Gasteiger partial charge on any atom is -0.477 e. The quantitative estimate of drug-likeness (QED) is 0.815. The maximum absolute atomic E-state index is 11.3. The van der Waals surface area contributed by atoms with Gasteiger partial charge in [0, 0.05) is 18.5 Å². The van der Waals surface area contributed by atoms with Gasteiger partial charge in [0.05, 0.1) is 11.6 Å². The summed E-state index contributed by atoms with van der Waals surface area (Å²) in [7, 11) is 0. The fraction of sp³-hybridized carbons (Fsp3) is 0.364. The lowest BCUT2D eigenvalue weighted by Gasteiger charge is -2.14. The SMILES string of the molecule is NCc1cccc(Cl)c1OC1CCOC1=O. The first-order valence-corrected chi connectivity index (χ1v) is 5.41. The zero-order valence-electron chi connectivity index (χ0n) is 8.61. The van der Waals surface area contributed by atoms with Crippen molar-refractivity contribution in [3.8, 4) is 5.75 Å². The molecule has 1 fully saturated rings. The van der Waals surface area contributed by atoms with E-state index < -0.39 is 6.10 Å². The summed E-state index contributed by atoms with van der Waals surface area (Å²) >= 11 is 6.00. The molecule has 1 aliphatic rings. The molecule has 1 saturated heterocycles. The summed E-state index contributed by atoms with van der Waals surface area (Å²) in [6, 6.07) is 5.32. The fourth-order valence-electron chi connectivity index (χ4n) is 1.57. The van der Waals surface area contributed by atoms with Crippen LogP contribution in [0.25, 0.3) is 0 Å². The van der Waals surface area contributed by atoms with Crippen LogP contribution in [0.2, 0.25) is 5.02 Å². The van der Waals surface area contributed by atoms with Crippen LogP contribution in [-0.2, 0) is 16.1 Å². The molecule has 1 aliphatic heterocycles. The normalized spacial score (nSPS) is 19.6. The molecule has 0 saturated carbocycles. The highest BCUT2D eigenvalue weighted by Crippen LogP contribution is 2.30. The highest BCUT2D eigenvalue weighted by atomic mass is 35.5. The van der Waals surface area contributed by atoms with E-state index >= 15 is 0 Å². The molecule has 1 aromatic rings. The minimum absolute atomic E-state index is 0.317. The number of carbonyl (C=O) groups is 1. The van der Waals surface area contributed by atoms with Gasteiger partial charge in [-0.2, -0.15) is 0 Å². The molecule has 4 nitrogen and oxygen atoms in total. The number of hydrogen-bond donors (Lipinski definition) is 1. The number of cyclic esters (lactones) is 1. The number of hydrogen-bond acceptors (Lipinski definition) is 4. The van der Waals surface area contributed by atoms with E-state index in [9.17, 15) is 4.79 Å². The van der Waals surface area contributed by atoms with Crippen LogP contribution in [0.3, 0.4) is 0 Å². The lowest BCUT2D eigenvalue weighted by molar-refractivity contribution is -0.143. The molecule has 0 aromatic heterocycles. The lowest BCUT2D eigenvalue weighted by Crippen LogP contribution is -2.22. The summed E-state index contributed by atoms with van der Waals surface area (Å²) in [5, 5.41) is 0.461. The number of ether oxygens (including phenoxy) is 2. The second-order valence-corrected chi connectivity index (χ2v) is 3.90. The van der Waals surface area contributed by atoms with Gasteiger partial charge in [-0.15, -0.1) is 0 Å². The summed E-state index contributed by atoms with van der Waals surface area (Å²) in [5.74, 6) is 0.137. The van der Waals surface area contributed by atoms with Crippen LogP contribution in [0.1, 0.15) is 12.0 Å². The average Bonchev–Trinajstić information content (AvgIpc) is 2.67. The fourth-order valence-corrected chi connectivity index (χ4v) is 1.81. The Morgan fingerprint density at radius 3 is 3.00 bits per heavy atom. The first kappa shape index (κ1) is 11.2. The zero-order chi connectivity index (χ0) is 11.5. The number of esters is 1. The van der Waals surface area contributed by atoms with E-state index in [1.165, 1.54) is 0 Å². The molecule has 1 atom stereocenters. The van der Waals surface area contributed by atoms with Crippen molar-refractivity contribution in [3.63, 3.8) is 0 Å². The van der Waals surface area contributed by atoms with Crippen molar-refractivity contribution < 1.29 is 14.3 Å². The molecular weight excluding hydrogens is 230 g/mol. The van der Waals surface area contributed by atoms with Gasteiger partial charge in [0.25, 0.3) is 0 Å². The Bertz CT molecular complexity index is 408. The Balaban J connectivity index is 2.22. The predicted molar refractivity (Wildman–Crippen MR) is 59.3 cm³/mol. The average molecular weight is 242 g/mol. The molecule has 1 unspecified atom stereocenters. The Hall–Kier alpha value is -1.26. The molecule has 16 heavy (non-hydrogen) atoms. The topological polar surface area (TPSA) is 61.6 Å². The standard InChI is InChI=1S/C11H12ClNO3/c12-8-3-1-2-7(6-13)10(8)16-9-4-5-15-11(9)14/h1-3,9H,4-6,13H2. The highest BCUT2D eigenvalue weighted by molar-refractivity contribution is 6.32. The molecule has 1 aromatic carbocycles. The van der Waals surface area contributed by atoms with Crippen molar-refractivity contribution in [1.29, 1.82) is 0 Å². The maximum atomic E-state index is 11.3. The number of carbonyl (C=O) groups excluding carboxylic acids is 1. The summed E-state index contributed by atoms with van der Waals surface area (Å²) in [4.78, 5) is 11.3. The third kappa shape index (κ3) is 2.13. The smallest absolute Gasteiger partial charge is 0.347 e. The molecule has 86 valence electrons. The summed E-state index contributed by atoms with van der Waals surface area (Å²) in [6.07, 6.45) is -0.0150. The highest BCUT2D eigenvalue weighted by Gasteiger charge is 2.29. The molecule has 0 aliphatic carbocycles. The van der Waals surface area contributed by atoms with Gasteiger partial charge >= 0.3 is 5.97 Å². The number of halogens is 1. The zero-order valence-corrected chi connectivity index (χ0v) is 9.37. The number of benzene rings is 1. The lowest BCUT2D eigenvalue weighted by atomic mass is 10.2. The first-order chi connectivity index (χ1) is 7.72. The van der Waals surface area contributed by atoms with Crippen LogP contribution in [0, 0.1) is 0 Å². The van der Waals surface area contributed by atoms with E-state index in [1.54, 1.807) is 12.1 Å². The number of para-hydroxylation sites is 1. The third-order valence-electron chi connectivity index (χ3n) is 2.42. The summed E-state index contributed by atoms with van der Waals surface area (Å²) < 4.78 is 10.4. The van der Waals surface area contributed by atoms with Gasteiger partial charge < -0.3 is 15.2 Å². The van der Waals surface area contributed by atoms with Gasteiger partial charge in [0.1, 0.15) is 5.75 Å². The van der Waals surface area contributed by atoms with Crippen molar-refractivity contribution in [2.24, 2.45) is 5.73 Å². The van der Waals surface area contributed by atoms with E-state index in [-0.39, 0.29) is 5.97 Å². The second-order valence-electron chi connectivity index (χ2n) is 3.49. The van der Waals surface area contributed by atoms with Crippen LogP contribution < -0.4 is 10.5 Å². The monoisotopic (exact) mass is 241 g/mol. The maximum Gasteiger partial charge on any atom is 0.347 e. The Labute approximate surface area is 98.3 Å². The van der Waals surface area contributed by atoms with Crippen molar-refractivity contribution >= 4 is 17.6 Å². The van der Waals surface area contributed by atoms with Gasteiger partial charge in [-0.1, -0.05) is 23.7 Å². The van der Waals surface area contributed by atoms with Crippen LogP contribution in [-0.4, -0.2) is 18.7 Å². The van der Waals surface area contributed by atoms with E-state index in [2.05, 4.69) is 0 Å². The van der Waals surface area contributed by atoms with E-state index in [0.717, 1.165) is 5.56 Å². The van der Waals surface area contributed by atoms with Gasteiger partial charge in [-0.05, 0) is 6.07 Å². The van der Waals surface area contributed by atoms with Crippen molar-refractivity contribution in [2.45, 2.75) is 19.1 Å². The van der Waals surface area contributed by atoms with Crippen molar-refractivity contribution in [1.82, 2.24) is 0 Å². The van der Waals surface area contributed by atoms with E-state index in [1.807, 2.05) is 6.07 Å². The largest absolute Gasteiger partial charge is 0.477 e. The molecule has 1 heterocycles. The first-order valence-electron chi connectivity index (χ1n) is 5.03. The molecular formula is C11H12ClNO3. The van der Waals surface area contributed by atoms with E-state index in [0.29, 0.717) is 30.3 Å². The molecule has 0 bridgehead atoms. The summed E-state index contributed by atoms with van der Waals surface area (Å²) in [5.41, 5.74) is 6.36. The van der Waals surface area contributed by atoms with Crippen LogP contribution in [0.4, 0.5) is 0 Å². The number of rotatable bonds is 3. The molecule has 0 amide bonds. The predicted octanol–water partition coefficient (Wildman–Crippen LogP) is 1.49. The Morgan fingerprint density at radius 1 is 1.56 bits per heavy atom. The third-order valence-corrected chi connectivity index (χ3v) is 2.71. The van der Waals surface area contributed by atoms with Gasteiger partial charge in [-0.3, -0.25) is 0 Å². The van der Waals surface area contributed by atoms with Gasteiger partial charge in [0.15, 0.2) is 6.10 Å². The Kier molecular flexibility index (Phi) is 3.31. The molecule has 5 heteroatoms. The summed E-state index contributed by atoms with van der Waals surface area (Å²) in [6.45, 7) is 0.712. The second kappa shape index (κ2) is 4.72. The van der Waals surface area contributed by atoms with Gasteiger partial charge in [-0.25, -0.2) is 4.79 Å². The van der Waals surface area contributed by atoms with E-state index in [4.69, 9.17) is 26.8 Å². The van der Waals surface area contributed by atoms with Crippen molar-refractivity contribution in [2.75, 3.05) is 6.61 Å².